The van der Waals surface area contributed by atoms with Gasteiger partial charge in [0, 0.05) is 17.5 Å². The van der Waals surface area contributed by atoms with Crippen LogP contribution in [-0.4, -0.2) is 23.4 Å². The normalized spacial score (nSPS) is 10.5. The molecule has 0 aliphatic heterocycles. The topological polar surface area (TPSA) is 58.9 Å². The largest absolute Gasteiger partial charge is 0.504 e. The lowest BCUT2D eigenvalue weighted by Crippen LogP contribution is -1.99. The van der Waals surface area contributed by atoms with Crippen molar-refractivity contribution in [1.82, 2.24) is 0 Å². The summed E-state index contributed by atoms with van der Waals surface area (Å²) in [5, 5.41) is 20.7. The zero-order chi connectivity index (χ0) is 16.7. The Morgan fingerprint density at radius 3 is 1.57 bits per heavy atom. The van der Waals surface area contributed by atoms with E-state index < -0.39 is 0 Å². The van der Waals surface area contributed by atoms with E-state index in [-0.39, 0.29) is 11.5 Å². The number of phenols is 2. The van der Waals surface area contributed by atoms with Gasteiger partial charge in [0.2, 0.25) is 0 Å². The Hall–Kier alpha value is -2.36. The van der Waals surface area contributed by atoms with Gasteiger partial charge < -0.3 is 19.7 Å². The Morgan fingerprint density at radius 2 is 1.17 bits per heavy atom. The molecule has 0 aliphatic carbocycles. The van der Waals surface area contributed by atoms with Crippen molar-refractivity contribution in [3.8, 4) is 23.0 Å². The fraction of sp³-hybridized carbons (Fsp3) is 0.368. The van der Waals surface area contributed by atoms with Crippen LogP contribution in [0.5, 0.6) is 23.0 Å². The van der Waals surface area contributed by atoms with E-state index in [1.54, 1.807) is 12.1 Å². The maximum atomic E-state index is 10.3. The van der Waals surface area contributed by atoms with Gasteiger partial charge in [-0.05, 0) is 25.0 Å². The Kier molecular flexibility index (Phi) is 6.15. The standard InChI is InChI=1S/C19H24O4/c1-3-11-22-16-9-5-7-14(18(16)20)13-15-8-6-10-17(19(15)21)23-12-4-2/h5-10,20-21H,3-4,11-13H2,1-2H3. The van der Waals surface area contributed by atoms with Gasteiger partial charge >= 0.3 is 0 Å². The molecule has 0 fully saturated rings. The summed E-state index contributed by atoms with van der Waals surface area (Å²) in [7, 11) is 0. The third kappa shape index (κ3) is 4.31. The van der Waals surface area contributed by atoms with Crippen molar-refractivity contribution in [3.63, 3.8) is 0 Å². The molecule has 0 aromatic heterocycles. The molecular formula is C19H24O4. The summed E-state index contributed by atoms with van der Waals surface area (Å²) in [6, 6.07) is 10.8. The summed E-state index contributed by atoms with van der Waals surface area (Å²) in [5.74, 6) is 1.20. The van der Waals surface area contributed by atoms with Crippen LogP contribution in [-0.2, 0) is 6.42 Å². The van der Waals surface area contributed by atoms with Crippen LogP contribution in [0.2, 0.25) is 0 Å². The quantitative estimate of drug-likeness (QED) is 0.763. The number of hydrogen-bond acceptors (Lipinski definition) is 4. The molecule has 4 nitrogen and oxygen atoms in total. The van der Waals surface area contributed by atoms with Crippen LogP contribution in [0.15, 0.2) is 36.4 Å². The number of aromatic hydroxyl groups is 2. The minimum absolute atomic E-state index is 0.125. The highest BCUT2D eigenvalue weighted by Gasteiger charge is 2.13. The Morgan fingerprint density at radius 1 is 0.739 bits per heavy atom. The zero-order valence-corrected chi connectivity index (χ0v) is 13.7. The molecule has 124 valence electrons. The second-order valence-corrected chi connectivity index (χ2v) is 5.40. The summed E-state index contributed by atoms with van der Waals surface area (Å²) in [4.78, 5) is 0. The number of rotatable bonds is 8. The van der Waals surface area contributed by atoms with Crippen LogP contribution in [0.4, 0.5) is 0 Å². The third-order valence-corrected chi connectivity index (χ3v) is 3.47. The molecule has 0 atom stereocenters. The fourth-order valence-corrected chi connectivity index (χ4v) is 2.28. The van der Waals surface area contributed by atoms with Crippen molar-refractivity contribution in [2.75, 3.05) is 13.2 Å². The Balaban J connectivity index is 2.22. The first kappa shape index (κ1) is 17.0. The number of hydrogen-bond donors (Lipinski definition) is 2. The van der Waals surface area contributed by atoms with Gasteiger partial charge in [0.05, 0.1) is 13.2 Å². The first-order valence-corrected chi connectivity index (χ1v) is 8.04. The van der Waals surface area contributed by atoms with Gasteiger partial charge in [-0.15, -0.1) is 0 Å². The zero-order valence-electron chi connectivity index (χ0n) is 13.7. The average Bonchev–Trinajstić information content (AvgIpc) is 2.56. The molecule has 0 spiro atoms. The van der Waals surface area contributed by atoms with Crippen molar-refractivity contribution in [3.05, 3.63) is 47.5 Å². The van der Waals surface area contributed by atoms with Crippen molar-refractivity contribution in [2.24, 2.45) is 0 Å². The van der Waals surface area contributed by atoms with E-state index in [9.17, 15) is 10.2 Å². The average molecular weight is 316 g/mol. The van der Waals surface area contributed by atoms with Gasteiger partial charge in [0.1, 0.15) is 0 Å². The highest BCUT2D eigenvalue weighted by molar-refractivity contribution is 5.51. The van der Waals surface area contributed by atoms with Gasteiger partial charge in [-0.25, -0.2) is 0 Å². The molecule has 0 heterocycles. The molecule has 0 amide bonds. The van der Waals surface area contributed by atoms with Crippen LogP contribution >= 0.6 is 0 Å². The number of ether oxygens (including phenoxy) is 2. The van der Waals surface area contributed by atoms with Gasteiger partial charge in [-0.3, -0.25) is 0 Å². The van der Waals surface area contributed by atoms with Crippen molar-refractivity contribution >= 4 is 0 Å². The Bertz CT molecular complexity index is 582. The second-order valence-electron chi connectivity index (χ2n) is 5.40. The lowest BCUT2D eigenvalue weighted by Gasteiger charge is -2.13. The number of para-hydroxylation sites is 2. The lowest BCUT2D eigenvalue weighted by atomic mass is 10.0. The first-order chi connectivity index (χ1) is 11.2. The molecular weight excluding hydrogens is 292 g/mol. The smallest absolute Gasteiger partial charge is 0.161 e. The van der Waals surface area contributed by atoms with Crippen LogP contribution < -0.4 is 9.47 Å². The van der Waals surface area contributed by atoms with E-state index in [1.165, 1.54) is 0 Å². The van der Waals surface area contributed by atoms with Gasteiger partial charge in [-0.1, -0.05) is 38.1 Å². The maximum Gasteiger partial charge on any atom is 0.161 e. The van der Waals surface area contributed by atoms with Gasteiger partial charge in [0.15, 0.2) is 23.0 Å². The molecule has 2 aromatic rings. The summed E-state index contributed by atoms with van der Waals surface area (Å²) in [5.41, 5.74) is 1.42. The fourth-order valence-electron chi connectivity index (χ4n) is 2.28. The predicted octanol–water partition coefficient (Wildman–Crippen LogP) is 4.27. The highest BCUT2D eigenvalue weighted by atomic mass is 16.5. The summed E-state index contributed by atoms with van der Waals surface area (Å²) >= 11 is 0. The first-order valence-electron chi connectivity index (χ1n) is 8.04. The Labute approximate surface area is 137 Å². The molecule has 0 aliphatic rings. The molecule has 0 bridgehead atoms. The molecule has 2 rings (SSSR count). The molecule has 0 saturated carbocycles. The van der Waals surface area contributed by atoms with Crippen LogP contribution in [0.3, 0.4) is 0 Å². The van der Waals surface area contributed by atoms with Crippen LogP contribution in [0, 0.1) is 0 Å². The molecule has 0 radical (unpaired) electrons. The van der Waals surface area contributed by atoms with Crippen molar-refractivity contribution < 1.29 is 19.7 Å². The summed E-state index contributed by atoms with van der Waals surface area (Å²) in [6.45, 7) is 5.15. The second kappa shape index (κ2) is 8.32. The van der Waals surface area contributed by atoms with Gasteiger partial charge in [0.25, 0.3) is 0 Å². The number of phenolic OH excluding ortho intramolecular Hbond substituents is 2. The third-order valence-electron chi connectivity index (χ3n) is 3.47. The van der Waals surface area contributed by atoms with Crippen LogP contribution in [0.25, 0.3) is 0 Å². The van der Waals surface area contributed by atoms with Crippen molar-refractivity contribution in [1.29, 1.82) is 0 Å². The molecule has 4 heteroatoms. The van der Waals surface area contributed by atoms with E-state index in [0.717, 1.165) is 12.8 Å². The summed E-state index contributed by atoms with van der Waals surface area (Å²) in [6.07, 6.45) is 2.16. The molecule has 0 saturated heterocycles. The monoisotopic (exact) mass is 316 g/mol. The van der Waals surface area contributed by atoms with E-state index in [2.05, 4.69) is 0 Å². The van der Waals surface area contributed by atoms with E-state index in [4.69, 9.17) is 9.47 Å². The van der Waals surface area contributed by atoms with E-state index >= 15 is 0 Å². The SMILES string of the molecule is CCCOc1cccc(Cc2cccc(OCCC)c2O)c1O. The highest BCUT2D eigenvalue weighted by Crippen LogP contribution is 2.36. The van der Waals surface area contributed by atoms with E-state index in [0.29, 0.717) is 42.3 Å². The van der Waals surface area contributed by atoms with Gasteiger partial charge in [-0.2, -0.15) is 0 Å². The van der Waals surface area contributed by atoms with Crippen LogP contribution in [0.1, 0.15) is 37.8 Å². The van der Waals surface area contributed by atoms with E-state index in [1.807, 2.05) is 38.1 Å². The maximum absolute atomic E-state index is 10.3. The lowest BCUT2D eigenvalue weighted by molar-refractivity contribution is 0.297. The minimum Gasteiger partial charge on any atom is -0.504 e. The molecule has 23 heavy (non-hydrogen) atoms. The molecule has 2 N–H and O–H groups in total. The van der Waals surface area contributed by atoms with Crippen molar-refractivity contribution in [2.45, 2.75) is 33.1 Å². The number of benzene rings is 2. The predicted molar refractivity (Wildman–Crippen MR) is 90.6 cm³/mol. The molecule has 2 aromatic carbocycles. The summed E-state index contributed by atoms with van der Waals surface area (Å²) < 4.78 is 11.1. The minimum atomic E-state index is 0.125. The molecule has 0 unspecified atom stereocenters.